The van der Waals surface area contributed by atoms with Crippen molar-refractivity contribution in [2.75, 3.05) is 12.4 Å². The molecule has 0 aliphatic rings. The number of rotatable bonds is 5. The maximum Gasteiger partial charge on any atom is 0.269 e. The van der Waals surface area contributed by atoms with E-state index in [1.165, 1.54) is 0 Å². The van der Waals surface area contributed by atoms with Gasteiger partial charge in [-0.05, 0) is 48.9 Å². The molecule has 0 spiro atoms. The van der Waals surface area contributed by atoms with Gasteiger partial charge in [0.1, 0.15) is 17.2 Å². The number of aromatic nitrogens is 3. The number of carbonyl (C=O) groups excluding carboxylic acids is 1. The molecule has 0 saturated carbocycles. The lowest BCUT2D eigenvalue weighted by Gasteiger charge is -2.08. The number of hydrogen-bond donors (Lipinski definition) is 2. The highest BCUT2D eigenvalue weighted by molar-refractivity contribution is 9.10. The van der Waals surface area contributed by atoms with Gasteiger partial charge in [-0.2, -0.15) is 0 Å². The average Bonchev–Trinajstić information content (AvgIpc) is 3.05. The van der Waals surface area contributed by atoms with E-state index in [1.807, 2.05) is 48.9 Å². The smallest absolute Gasteiger partial charge is 0.269 e. The number of nitrogens with one attached hydrogen (secondary N) is 2. The van der Waals surface area contributed by atoms with Crippen molar-refractivity contribution in [3.63, 3.8) is 0 Å². The molecule has 0 unspecified atom stereocenters. The van der Waals surface area contributed by atoms with Gasteiger partial charge in [0.05, 0.1) is 11.0 Å². The largest absolute Gasteiger partial charge is 0.457 e. The van der Waals surface area contributed by atoms with Crippen molar-refractivity contribution >= 4 is 44.5 Å². The molecule has 0 atom stereocenters. The first kappa shape index (κ1) is 19.9. The zero-order chi connectivity index (χ0) is 21.3. The summed E-state index contributed by atoms with van der Waals surface area (Å²) in [6, 6.07) is 15.1. The van der Waals surface area contributed by atoms with Crippen LogP contribution in [0.1, 0.15) is 16.1 Å². The van der Waals surface area contributed by atoms with Crippen LogP contribution in [0.3, 0.4) is 0 Å². The number of pyridine rings is 1. The second-order valence-electron chi connectivity index (χ2n) is 6.79. The summed E-state index contributed by atoms with van der Waals surface area (Å²) >= 11 is 3.52. The van der Waals surface area contributed by atoms with Crippen LogP contribution in [-0.2, 0) is 7.05 Å². The Morgan fingerprint density at radius 2 is 1.90 bits per heavy atom. The Labute approximate surface area is 182 Å². The number of halogens is 1. The van der Waals surface area contributed by atoms with Crippen LogP contribution in [0.5, 0.6) is 11.5 Å². The Balaban J connectivity index is 1.60. The number of amides is 1. The number of imidazole rings is 1. The summed E-state index contributed by atoms with van der Waals surface area (Å²) in [5, 5.41) is 5.92. The molecule has 0 aliphatic heterocycles. The standard InChI is InChI=1S/C22H20BrN5O2/c1-13-10-14(4-6-17(13)23)26-22-27-18-11-15(5-7-20(18)28(22)3)30-16-8-9-25-19(12-16)21(29)24-2/h4-12H,1-3H3,(H,24,29)(H,26,27). The summed E-state index contributed by atoms with van der Waals surface area (Å²) in [4.78, 5) is 20.5. The zero-order valence-corrected chi connectivity index (χ0v) is 18.3. The first-order valence-electron chi connectivity index (χ1n) is 9.30. The maximum atomic E-state index is 11.8. The minimum atomic E-state index is -0.264. The molecule has 2 heterocycles. The van der Waals surface area contributed by atoms with Gasteiger partial charge in [0.15, 0.2) is 0 Å². The Morgan fingerprint density at radius 1 is 1.10 bits per heavy atom. The van der Waals surface area contributed by atoms with Crippen LogP contribution in [-0.4, -0.2) is 27.5 Å². The van der Waals surface area contributed by atoms with Crippen molar-refractivity contribution in [3.8, 4) is 11.5 Å². The van der Waals surface area contributed by atoms with Crippen molar-refractivity contribution in [1.29, 1.82) is 0 Å². The summed E-state index contributed by atoms with van der Waals surface area (Å²) < 4.78 is 8.98. The van der Waals surface area contributed by atoms with Gasteiger partial charge in [-0.25, -0.2) is 4.98 Å². The molecule has 0 bridgehead atoms. The third-order valence-corrected chi connectivity index (χ3v) is 5.58. The fraction of sp³-hybridized carbons (Fsp3) is 0.136. The fourth-order valence-electron chi connectivity index (χ4n) is 3.07. The van der Waals surface area contributed by atoms with Crippen LogP contribution in [0.15, 0.2) is 59.2 Å². The fourth-order valence-corrected chi connectivity index (χ4v) is 3.32. The van der Waals surface area contributed by atoms with Crippen molar-refractivity contribution < 1.29 is 9.53 Å². The third kappa shape index (κ3) is 3.99. The Kier molecular flexibility index (Phi) is 5.41. The number of hydrogen-bond acceptors (Lipinski definition) is 5. The first-order chi connectivity index (χ1) is 14.4. The van der Waals surface area contributed by atoms with Gasteiger partial charge in [0.2, 0.25) is 5.95 Å². The third-order valence-electron chi connectivity index (χ3n) is 4.69. The van der Waals surface area contributed by atoms with Gasteiger partial charge in [-0.15, -0.1) is 0 Å². The molecule has 2 N–H and O–H groups in total. The van der Waals surface area contributed by atoms with Gasteiger partial charge < -0.3 is 19.9 Å². The summed E-state index contributed by atoms with van der Waals surface area (Å²) in [6.45, 7) is 2.04. The highest BCUT2D eigenvalue weighted by Crippen LogP contribution is 2.29. The van der Waals surface area contributed by atoms with Gasteiger partial charge in [0, 0.05) is 42.6 Å². The molecule has 4 aromatic rings. The van der Waals surface area contributed by atoms with E-state index in [0.29, 0.717) is 17.2 Å². The van der Waals surface area contributed by atoms with E-state index >= 15 is 0 Å². The predicted octanol–water partition coefficient (Wildman–Crippen LogP) is 4.93. The van der Waals surface area contributed by atoms with E-state index in [1.54, 1.807) is 25.4 Å². The second-order valence-corrected chi connectivity index (χ2v) is 7.65. The Morgan fingerprint density at radius 3 is 2.67 bits per heavy atom. The Bertz CT molecular complexity index is 1250. The lowest BCUT2D eigenvalue weighted by Crippen LogP contribution is -2.18. The average molecular weight is 466 g/mol. The molecule has 0 fully saturated rings. The summed E-state index contributed by atoms with van der Waals surface area (Å²) in [5.41, 5.74) is 4.17. The summed E-state index contributed by atoms with van der Waals surface area (Å²) in [5.74, 6) is 1.62. The van der Waals surface area contributed by atoms with Gasteiger partial charge in [-0.3, -0.25) is 9.78 Å². The zero-order valence-electron chi connectivity index (χ0n) is 16.7. The molecule has 30 heavy (non-hydrogen) atoms. The predicted molar refractivity (Wildman–Crippen MR) is 121 cm³/mol. The topological polar surface area (TPSA) is 81.1 Å². The van der Waals surface area contributed by atoms with Crippen LogP contribution >= 0.6 is 15.9 Å². The number of anilines is 2. The Hall–Kier alpha value is -3.39. The van der Waals surface area contributed by atoms with Crippen molar-refractivity contribution in [1.82, 2.24) is 19.9 Å². The van der Waals surface area contributed by atoms with Crippen LogP contribution in [0.4, 0.5) is 11.6 Å². The van der Waals surface area contributed by atoms with Crippen LogP contribution < -0.4 is 15.4 Å². The molecule has 2 aromatic carbocycles. The van der Waals surface area contributed by atoms with E-state index in [0.717, 1.165) is 32.7 Å². The highest BCUT2D eigenvalue weighted by atomic mass is 79.9. The van der Waals surface area contributed by atoms with Crippen molar-refractivity contribution in [2.45, 2.75) is 6.92 Å². The lowest BCUT2D eigenvalue weighted by molar-refractivity contribution is 0.0958. The minimum absolute atomic E-state index is 0.264. The molecule has 8 heteroatoms. The highest BCUT2D eigenvalue weighted by Gasteiger charge is 2.11. The van der Waals surface area contributed by atoms with Crippen LogP contribution in [0.25, 0.3) is 11.0 Å². The van der Waals surface area contributed by atoms with E-state index in [9.17, 15) is 4.79 Å². The molecular weight excluding hydrogens is 446 g/mol. The van der Waals surface area contributed by atoms with Crippen LogP contribution in [0, 0.1) is 6.92 Å². The molecule has 4 rings (SSSR count). The normalized spacial score (nSPS) is 10.8. The maximum absolute atomic E-state index is 11.8. The summed E-state index contributed by atoms with van der Waals surface area (Å²) in [7, 11) is 3.52. The quantitative estimate of drug-likeness (QED) is 0.436. The number of ether oxygens (including phenoxy) is 1. The number of benzene rings is 2. The van der Waals surface area contributed by atoms with Crippen molar-refractivity contribution in [3.05, 3.63) is 70.5 Å². The van der Waals surface area contributed by atoms with Gasteiger partial charge in [-0.1, -0.05) is 15.9 Å². The SMILES string of the molecule is CNC(=O)c1cc(Oc2ccc3c(c2)nc(Nc2ccc(Br)c(C)c2)n3C)ccn1. The molecule has 2 aromatic heterocycles. The van der Waals surface area contributed by atoms with E-state index in [4.69, 9.17) is 9.72 Å². The molecular formula is C22H20BrN5O2. The lowest BCUT2D eigenvalue weighted by atomic mass is 10.2. The molecule has 0 saturated heterocycles. The number of aryl methyl sites for hydroxylation is 2. The van der Waals surface area contributed by atoms with E-state index in [-0.39, 0.29) is 5.91 Å². The minimum Gasteiger partial charge on any atom is -0.457 e. The molecule has 152 valence electrons. The monoisotopic (exact) mass is 465 g/mol. The molecule has 7 nitrogen and oxygen atoms in total. The molecule has 0 aliphatic carbocycles. The second kappa shape index (κ2) is 8.16. The van der Waals surface area contributed by atoms with Crippen molar-refractivity contribution in [2.24, 2.45) is 7.05 Å². The number of nitrogens with zero attached hydrogens (tertiary/aromatic N) is 3. The number of fused-ring (bicyclic) bond motifs is 1. The molecule has 1 amide bonds. The van der Waals surface area contributed by atoms with E-state index < -0.39 is 0 Å². The van der Waals surface area contributed by atoms with E-state index in [2.05, 4.69) is 37.6 Å². The molecule has 0 radical (unpaired) electrons. The van der Waals surface area contributed by atoms with Crippen LogP contribution in [0.2, 0.25) is 0 Å². The number of carbonyl (C=O) groups is 1. The van der Waals surface area contributed by atoms with Gasteiger partial charge in [0.25, 0.3) is 5.91 Å². The summed E-state index contributed by atoms with van der Waals surface area (Å²) in [6.07, 6.45) is 1.54. The van der Waals surface area contributed by atoms with Gasteiger partial charge >= 0.3 is 0 Å². The first-order valence-corrected chi connectivity index (χ1v) is 10.1.